The summed E-state index contributed by atoms with van der Waals surface area (Å²) in [6.07, 6.45) is 5.59. The highest BCUT2D eigenvalue weighted by atomic mass is 79.9. The molecule has 0 aromatic carbocycles. The Labute approximate surface area is 129 Å². The maximum absolute atomic E-state index is 12.8. The van der Waals surface area contributed by atoms with Crippen molar-refractivity contribution < 1.29 is 4.79 Å². The van der Waals surface area contributed by atoms with Gasteiger partial charge in [0.2, 0.25) is 0 Å². The molecule has 2 rings (SSSR count). The summed E-state index contributed by atoms with van der Waals surface area (Å²) in [4.78, 5) is 14.7. The molecule has 1 unspecified atom stereocenters. The fourth-order valence-electron chi connectivity index (χ4n) is 2.73. The van der Waals surface area contributed by atoms with Crippen LogP contribution in [0.15, 0.2) is 16.7 Å². The molecule has 0 radical (unpaired) electrons. The lowest BCUT2D eigenvalue weighted by Gasteiger charge is -2.33. The predicted octanol–water partition coefficient (Wildman–Crippen LogP) is 2.78. The van der Waals surface area contributed by atoms with Gasteiger partial charge in [0.1, 0.15) is 5.69 Å². The van der Waals surface area contributed by atoms with Gasteiger partial charge in [0.05, 0.1) is 0 Å². The van der Waals surface area contributed by atoms with Crippen molar-refractivity contribution in [2.75, 3.05) is 13.1 Å². The van der Waals surface area contributed by atoms with E-state index in [4.69, 9.17) is 0 Å². The number of nitrogens with zero attached hydrogens (tertiary/aromatic N) is 2. The third-order valence-corrected chi connectivity index (χ3v) is 4.34. The van der Waals surface area contributed by atoms with E-state index in [1.54, 1.807) is 0 Å². The number of rotatable bonds is 4. The van der Waals surface area contributed by atoms with Gasteiger partial charge in [0.15, 0.2) is 0 Å². The number of piperidine rings is 1. The van der Waals surface area contributed by atoms with Crippen LogP contribution in [0.4, 0.5) is 0 Å². The molecule has 5 heteroatoms. The molecule has 1 aromatic rings. The maximum atomic E-state index is 12.8. The van der Waals surface area contributed by atoms with Crippen LogP contribution in [-0.2, 0) is 7.05 Å². The van der Waals surface area contributed by atoms with Gasteiger partial charge in [-0.1, -0.05) is 6.42 Å². The van der Waals surface area contributed by atoms with Crippen LogP contribution in [0.25, 0.3) is 0 Å². The van der Waals surface area contributed by atoms with Gasteiger partial charge in [0.25, 0.3) is 5.91 Å². The predicted molar refractivity (Wildman–Crippen MR) is 84.9 cm³/mol. The molecule has 1 aromatic heterocycles. The van der Waals surface area contributed by atoms with E-state index >= 15 is 0 Å². The Morgan fingerprint density at radius 3 is 2.80 bits per heavy atom. The molecule has 0 spiro atoms. The van der Waals surface area contributed by atoms with E-state index in [2.05, 4.69) is 35.1 Å². The van der Waals surface area contributed by atoms with Crippen LogP contribution in [0.2, 0.25) is 0 Å². The maximum Gasteiger partial charge on any atom is 0.270 e. The van der Waals surface area contributed by atoms with E-state index in [-0.39, 0.29) is 11.9 Å². The standard InChI is InChI=1S/C15H24BrN3O/c1-11(2)19(10-13-6-4-5-7-17-13)15(20)14-8-12(16)9-18(14)3/h8-9,11,13,17H,4-7,10H2,1-3H3. The molecule has 1 atom stereocenters. The Morgan fingerprint density at radius 1 is 1.55 bits per heavy atom. The highest BCUT2D eigenvalue weighted by molar-refractivity contribution is 9.10. The molecule has 1 aliphatic heterocycles. The van der Waals surface area contributed by atoms with Gasteiger partial charge in [-0.05, 0) is 55.2 Å². The number of carbonyl (C=O) groups is 1. The van der Waals surface area contributed by atoms with Crippen molar-refractivity contribution in [3.63, 3.8) is 0 Å². The smallest absolute Gasteiger partial charge is 0.270 e. The minimum Gasteiger partial charge on any atom is -0.345 e. The number of amides is 1. The molecule has 20 heavy (non-hydrogen) atoms. The van der Waals surface area contributed by atoms with E-state index in [1.807, 2.05) is 28.8 Å². The first-order chi connectivity index (χ1) is 9.49. The molecule has 1 saturated heterocycles. The summed E-state index contributed by atoms with van der Waals surface area (Å²) < 4.78 is 2.83. The molecule has 1 aliphatic rings. The Kier molecular flexibility index (Phi) is 5.27. The van der Waals surface area contributed by atoms with E-state index in [0.29, 0.717) is 6.04 Å². The molecule has 0 bridgehead atoms. The van der Waals surface area contributed by atoms with Gasteiger partial charge >= 0.3 is 0 Å². The minimum atomic E-state index is 0.112. The van der Waals surface area contributed by atoms with Crippen LogP contribution in [0.5, 0.6) is 0 Å². The molecule has 0 saturated carbocycles. The Bertz CT molecular complexity index is 464. The number of carbonyl (C=O) groups excluding carboxylic acids is 1. The van der Waals surface area contributed by atoms with Gasteiger partial charge in [-0.15, -0.1) is 0 Å². The minimum absolute atomic E-state index is 0.112. The Morgan fingerprint density at radius 2 is 2.30 bits per heavy atom. The lowest BCUT2D eigenvalue weighted by Crippen LogP contribution is -2.48. The average molecular weight is 342 g/mol. The highest BCUT2D eigenvalue weighted by Crippen LogP contribution is 2.18. The summed E-state index contributed by atoms with van der Waals surface area (Å²) in [5.41, 5.74) is 0.737. The molecular formula is C15H24BrN3O. The van der Waals surface area contributed by atoms with Gasteiger partial charge in [-0.25, -0.2) is 0 Å². The van der Waals surface area contributed by atoms with Crippen molar-refractivity contribution in [3.8, 4) is 0 Å². The number of aryl methyl sites for hydroxylation is 1. The first kappa shape index (κ1) is 15.6. The topological polar surface area (TPSA) is 37.3 Å². The number of halogens is 1. The lowest BCUT2D eigenvalue weighted by atomic mass is 10.0. The molecule has 1 fully saturated rings. The number of aromatic nitrogens is 1. The molecule has 112 valence electrons. The van der Waals surface area contributed by atoms with Gasteiger partial charge < -0.3 is 14.8 Å². The second-order valence-corrected chi connectivity index (χ2v) is 6.77. The van der Waals surface area contributed by atoms with Crippen LogP contribution >= 0.6 is 15.9 Å². The summed E-state index contributed by atoms with van der Waals surface area (Å²) >= 11 is 3.43. The largest absolute Gasteiger partial charge is 0.345 e. The van der Waals surface area contributed by atoms with Gasteiger partial charge in [-0.3, -0.25) is 4.79 Å². The molecule has 0 aliphatic carbocycles. The second kappa shape index (κ2) is 6.76. The Balaban J connectivity index is 2.11. The van der Waals surface area contributed by atoms with Crippen LogP contribution < -0.4 is 5.32 Å². The fraction of sp³-hybridized carbons (Fsp3) is 0.667. The zero-order valence-electron chi connectivity index (χ0n) is 12.5. The third-order valence-electron chi connectivity index (χ3n) is 3.90. The summed E-state index contributed by atoms with van der Waals surface area (Å²) in [6.45, 7) is 6.03. The van der Waals surface area contributed by atoms with E-state index < -0.39 is 0 Å². The van der Waals surface area contributed by atoms with Crippen molar-refractivity contribution in [3.05, 3.63) is 22.4 Å². The van der Waals surface area contributed by atoms with E-state index in [9.17, 15) is 4.79 Å². The first-order valence-corrected chi connectivity index (χ1v) is 8.14. The Hall–Kier alpha value is -0.810. The molecule has 1 N–H and O–H groups in total. The van der Waals surface area contributed by atoms with Crippen molar-refractivity contribution >= 4 is 21.8 Å². The molecular weight excluding hydrogens is 318 g/mol. The van der Waals surface area contributed by atoms with Gasteiger partial charge in [-0.2, -0.15) is 0 Å². The van der Waals surface area contributed by atoms with Crippen LogP contribution in [0.1, 0.15) is 43.6 Å². The lowest BCUT2D eigenvalue weighted by molar-refractivity contribution is 0.0667. The van der Waals surface area contributed by atoms with Crippen LogP contribution in [0.3, 0.4) is 0 Å². The molecule has 1 amide bonds. The van der Waals surface area contributed by atoms with Gasteiger partial charge in [0, 0.05) is 36.3 Å². The molecule has 2 heterocycles. The molecule has 4 nitrogen and oxygen atoms in total. The fourth-order valence-corrected chi connectivity index (χ4v) is 3.25. The second-order valence-electron chi connectivity index (χ2n) is 5.85. The normalized spacial score (nSPS) is 19.4. The summed E-state index contributed by atoms with van der Waals surface area (Å²) in [5.74, 6) is 0.112. The SMILES string of the molecule is CC(C)N(CC1CCCCN1)C(=O)c1cc(Br)cn1C. The highest BCUT2D eigenvalue weighted by Gasteiger charge is 2.25. The monoisotopic (exact) mass is 341 g/mol. The average Bonchev–Trinajstić information content (AvgIpc) is 2.75. The number of hydrogen-bond donors (Lipinski definition) is 1. The van der Waals surface area contributed by atoms with Crippen molar-refractivity contribution in [2.24, 2.45) is 7.05 Å². The van der Waals surface area contributed by atoms with Crippen molar-refractivity contribution in [2.45, 2.75) is 45.2 Å². The number of nitrogens with one attached hydrogen (secondary N) is 1. The van der Waals surface area contributed by atoms with E-state index in [1.165, 1.54) is 12.8 Å². The van der Waals surface area contributed by atoms with Crippen LogP contribution in [0, 0.1) is 0 Å². The summed E-state index contributed by atoms with van der Waals surface area (Å²) in [5, 5.41) is 3.52. The number of hydrogen-bond acceptors (Lipinski definition) is 2. The van der Waals surface area contributed by atoms with Crippen LogP contribution in [-0.4, -0.2) is 40.5 Å². The zero-order valence-corrected chi connectivity index (χ0v) is 14.1. The summed E-state index contributed by atoms with van der Waals surface area (Å²) in [7, 11) is 1.91. The summed E-state index contributed by atoms with van der Waals surface area (Å²) in [6, 6.07) is 2.53. The van der Waals surface area contributed by atoms with E-state index in [0.717, 1.165) is 29.7 Å². The van der Waals surface area contributed by atoms with Crippen molar-refractivity contribution in [1.82, 2.24) is 14.8 Å². The zero-order chi connectivity index (χ0) is 14.7. The third kappa shape index (κ3) is 3.64. The first-order valence-electron chi connectivity index (χ1n) is 7.35. The van der Waals surface area contributed by atoms with Crippen molar-refractivity contribution in [1.29, 1.82) is 0 Å². The quantitative estimate of drug-likeness (QED) is 0.914.